The number of aryl methyl sites for hydroxylation is 1. The zero-order chi connectivity index (χ0) is 18.2. The molecule has 9 nitrogen and oxygen atoms in total. The molecule has 130 valence electrons. The van der Waals surface area contributed by atoms with E-state index in [2.05, 4.69) is 19.8 Å². The lowest BCUT2D eigenvalue weighted by molar-refractivity contribution is 0.0602. The predicted molar refractivity (Wildman–Crippen MR) is 88.8 cm³/mol. The van der Waals surface area contributed by atoms with Crippen LogP contribution >= 0.6 is 0 Å². The number of nitrogens with one attached hydrogen (secondary N) is 1. The van der Waals surface area contributed by atoms with Crippen LogP contribution in [0.15, 0.2) is 35.7 Å². The molecular weight excluding hydrogens is 346 g/mol. The van der Waals surface area contributed by atoms with Gasteiger partial charge < -0.3 is 4.74 Å². The molecule has 25 heavy (non-hydrogen) atoms. The molecule has 3 aromatic rings. The molecule has 0 bridgehead atoms. The Bertz CT molecular complexity index is 1040. The van der Waals surface area contributed by atoms with Crippen LogP contribution in [0, 0.1) is 13.8 Å². The van der Waals surface area contributed by atoms with Crippen LogP contribution in [0.3, 0.4) is 0 Å². The molecule has 2 aromatic heterocycles. The van der Waals surface area contributed by atoms with Crippen LogP contribution in [0.4, 0.5) is 5.69 Å². The first-order valence-corrected chi connectivity index (χ1v) is 8.70. The zero-order valence-electron chi connectivity index (χ0n) is 13.7. The number of hydrogen-bond acceptors (Lipinski definition) is 7. The second-order valence-electron chi connectivity index (χ2n) is 5.29. The third kappa shape index (κ3) is 3.03. The van der Waals surface area contributed by atoms with Gasteiger partial charge in [-0.25, -0.2) is 14.3 Å². The average Bonchev–Trinajstić information content (AvgIpc) is 3.03. The molecule has 0 fully saturated rings. The number of hydrogen-bond donors (Lipinski definition) is 1. The van der Waals surface area contributed by atoms with Crippen LogP contribution in [0.5, 0.6) is 0 Å². The van der Waals surface area contributed by atoms with Crippen molar-refractivity contribution in [2.45, 2.75) is 19.0 Å². The highest BCUT2D eigenvalue weighted by atomic mass is 32.2. The van der Waals surface area contributed by atoms with Gasteiger partial charge in [0.25, 0.3) is 21.0 Å². The quantitative estimate of drug-likeness (QED) is 0.697. The van der Waals surface area contributed by atoms with Crippen LogP contribution < -0.4 is 4.72 Å². The van der Waals surface area contributed by atoms with Gasteiger partial charge in [0.15, 0.2) is 0 Å². The lowest BCUT2D eigenvalue weighted by Gasteiger charge is -2.14. The van der Waals surface area contributed by atoms with Crippen molar-refractivity contribution in [2.24, 2.45) is 0 Å². The number of esters is 1. The molecule has 1 N–H and O–H groups in total. The van der Waals surface area contributed by atoms with Gasteiger partial charge in [-0.1, -0.05) is 6.07 Å². The highest BCUT2D eigenvalue weighted by Gasteiger charge is 2.25. The van der Waals surface area contributed by atoms with Crippen molar-refractivity contribution in [3.8, 4) is 0 Å². The standard InChI is InChI=1S/C15H15N5O4S/c1-9-5-6-11(13(21)24-3)12(10(9)2)19-25(22,23)15-17-14-16-7-4-8-20(14)18-15/h4-8,19H,1-3H3. The number of rotatable bonds is 4. The number of ether oxygens (including phenoxy) is 1. The molecule has 0 amide bonds. The molecule has 0 unspecified atom stereocenters. The maximum Gasteiger partial charge on any atom is 0.340 e. The molecule has 0 aliphatic heterocycles. The van der Waals surface area contributed by atoms with Gasteiger partial charge in [0.1, 0.15) is 0 Å². The molecule has 0 atom stereocenters. The monoisotopic (exact) mass is 361 g/mol. The molecule has 0 spiro atoms. The largest absolute Gasteiger partial charge is 0.465 e. The first-order valence-electron chi connectivity index (χ1n) is 7.22. The fraction of sp³-hybridized carbons (Fsp3) is 0.200. The fourth-order valence-electron chi connectivity index (χ4n) is 2.24. The number of carbonyl (C=O) groups excluding carboxylic acids is 1. The van der Waals surface area contributed by atoms with E-state index in [1.54, 1.807) is 26.0 Å². The highest BCUT2D eigenvalue weighted by Crippen LogP contribution is 2.26. The minimum Gasteiger partial charge on any atom is -0.465 e. The van der Waals surface area contributed by atoms with E-state index in [0.717, 1.165) is 5.56 Å². The normalized spacial score (nSPS) is 11.5. The van der Waals surface area contributed by atoms with Crippen molar-refractivity contribution in [1.29, 1.82) is 0 Å². The van der Waals surface area contributed by atoms with Crippen molar-refractivity contribution in [3.63, 3.8) is 0 Å². The Labute approximate surface area is 143 Å². The number of carbonyl (C=O) groups is 1. The second kappa shape index (κ2) is 6.13. The summed E-state index contributed by atoms with van der Waals surface area (Å²) >= 11 is 0. The zero-order valence-corrected chi connectivity index (χ0v) is 14.5. The van der Waals surface area contributed by atoms with Crippen LogP contribution in [0.1, 0.15) is 21.5 Å². The van der Waals surface area contributed by atoms with E-state index in [9.17, 15) is 13.2 Å². The SMILES string of the molecule is COC(=O)c1ccc(C)c(C)c1NS(=O)(=O)c1nc2ncccn2n1. The number of methoxy groups -OCH3 is 1. The summed E-state index contributed by atoms with van der Waals surface area (Å²) in [6, 6.07) is 4.82. The van der Waals surface area contributed by atoms with E-state index in [4.69, 9.17) is 4.74 Å². The smallest absolute Gasteiger partial charge is 0.340 e. The van der Waals surface area contributed by atoms with E-state index < -0.39 is 21.1 Å². The van der Waals surface area contributed by atoms with Crippen LogP contribution in [0.2, 0.25) is 0 Å². The van der Waals surface area contributed by atoms with Gasteiger partial charge in [-0.05, 0) is 37.1 Å². The van der Waals surface area contributed by atoms with Gasteiger partial charge in [0, 0.05) is 12.4 Å². The fourth-order valence-corrected chi connectivity index (χ4v) is 3.26. The third-order valence-corrected chi connectivity index (χ3v) is 4.84. The Morgan fingerprint density at radius 1 is 1.28 bits per heavy atom. The molecule has 1 aromatic carbocycles. The van der Waals surface area contributed by atoms with Gasteiger partial charge in [0.2, 0.25) is 0 Å². The Hall–Kier alpha value is -3.01. The molecule has 3 rings (SSSR count). The topological polar surface area (TPSA) is 116 Å². The van der Waals surface area contributed by atoms with E-state index in [1.807, 2.05) is 0 Å². The highest BCUT2D eigenvalue weighted by molar-refractivity contribution is 7.92. The van der Waals surface area contributed by atoms with Gasteiger partial charge in [-0.2, -0.15) is 13.4 Å². The number of aromatic nitrogens is 4. The van der Waals surface area contributed by atoms with Gasteiger partial charge in [-0.15, -0.1) is 5.10 Å². The minimum atomic E-state index is -4.12. The Kier molecular flexibility index (Phi) is 4.13. The summed E-state index contributed by atoms with van der Waals surface area (Å²) in [7, 11) is -2.89. The van der Waals surface area contributed by atoms with E-state index in [0.29, 0.717) is 5.56 Å². The molecule has 10 heteroatoms. The number of sulfonamides is 1. The lowest BCUT2D eigenvalue weighted by atomic mass is 10.0. The molecule has 0 aliphatic carbocycles. The lowest BCUT2D eigenvalue weighted by Crippen LogP contribution is -2.19. The Morgan fingerprint density at radius 2 is 2.04 bits per heavy atom. The van der Waals surface area contributed by atoms with Crippen molar-refractivity contribution in [1.82, 2.24) is 19.6 Å². The van der Waals surface area contributed by atoms with Crippen molar-refractivity contribution < 1.29 is 17.9 Å². The van der Waals surface area contributed by atoms with E-state index >= 15 is 0 Å². The van der Waals surface area contributed by atoms with E-state index in [1.165, 1.54) is 30.1 Å². The van der Waals surface area contributed by atoms with Crippen LogP contribution in [0.25, 0.3) is 5.78 Å². The predicted octanol–water partition coefficient (Wildman–Crippen LogP) is 1.33. The maximum absolute atomic E-state index is 12.7. The van der Waals surface area contributed by atoms with E-state index in [-0.39, 0.29) is 17.0 Å². The van der Waals surface area contributed by atoms with Crippen molar-refractivity contribution >= 4 is 27.5 Å². The third-order valence-electron chi connectivity index (χ3n) is 3.72. The average molecular weight is 361 g/mol. The molecule has 2 heterocycles. The first-order chi connectivity index (χ1) is 11.8. The molecule has 0 saturated heterocycles. The Balaban J connectivity index is 2.09. The van der Waals surface area contributed by atoms with Gasteiger partial charge >= 0.3 is 5.97 Å². The van der Waals surface area contributed by atoms with Crippen LogP contribution in [-0.4, -0.2) is 41.1 Å². The molecule has 0 radical (unpaired) electrons. The summed E-state index contributed by atoms with van der Waals surface area (Å²) in [5.41, 5.74) is 1.66. The Morgan fingerprint density at radius 3 is 2.72 bits per heavy atom. The molecule has 0 saturated carbocycles. The number of benzene rings is 1. The first kappa shape index (κ1) is 16.8. The number of fused-ring (bicyclic) bond motifs is 1. The van der Waals surface area contributed by atoms with Crippen molar-refractivity contribution in [2.75, 3.05) is 11.8 Å². The summed E-state index contributed by atoms with van der Waals surface area (Å²) in [6.45, 7) is 3.51. The summed E-state index contributed by atoms with van der Waals surface area (Å²) in [4.78, 5) is 19.8. The summed E-state index contributed by atoms with van der Waals surface area (Å²) in [5, 5.41) is 3.46. The molecular formula is C15H15N5O4S. The van der Waals surface area contributed by atoms with Gasteiger partial charge in [0.05, 0.1) is 18.4 Å². The summed E-state index contributed by atoms with van der Waals surface area (Å²) in [6.07, 6.45) is 3.01. The van der Waals surface area contributed by atoms with Crippen molar-refractivity contribution in [3.05, 3.63) is 47.3 Å². The second-order valence-corrected chi connectivity index (χ2v) is 6.86. The van der Waals surface area contributed by atoms with Crippen LogP contribution in [-0.2, 0) is 14.8 Å². The van der Waals surface area contributed by atoms with Gasteiger partial charge in [-0.3, -0.25) is 4.72 Å². The minimum absolute atomic E-state index is 0.107. The summed E-state index contributed by atoms with van der Waals surface area (Å²) < 4.78 is 33.7. The number of nitrogens with zero attached hydrogens (tertiary/aromatic N) is 4. The molecule has 0 aliphatic rings. The number of anilines is 1. The summed E-state index contributed by atoms with van der Waals surface area (Å²) in [5.74, 6) is -0.498. The maximum atomic E-state index is 12.7.